The second kappa shape index (κ2) is 6.76. The lowest BCUT2D eigenvalue weighted by molar-refractivity contribution is 0.168. The summed E-state index contributed by atoms with van der Waals surface area (Å²) < 4.78 is 4.88. The first kappa shape index (κ1) is 14.9. The lowest BCUT2D eigenvalue weighted by Crippen LogP contribution is -2.13. The van der Waals surface area contributed by atoms with Gasteiger partial charge in [0.15, 0.2) is 0 Å². The number of amides is 1. The number of hydrogen-bond donors (Lipinski definition) is 1. The van der Waals surface area contributed by atoms with Crippen molar-refractivity contribution in [2.75, 3.05) is 11.9 Å². The van der Waals surface area contributed by atoms with Crippen molar-refractivity contribution in [3.8, 4) is 6.07 Å². The molecule has 0 spiro atoms. The van der Waals surface area contributed by atoms with Crippen molar-refractivity contribution in [1.82, 2.24) is 0 Å². The third kappa shape index (κ3) is 3.13. The molecule has 1 heterocycles. The highest BCUT2D eigenvalue weighted by atomic mass is 32.1. The van der Waals surface area contributed by atoms with E-state index in [0.29, 0.717) is 23.1 Å². The van der Waals surface area contributed by atoms with Gasteiger partial charge in [0.1, 0.15) is 11.1 Å². The Bertz CT molecular complexity index is 531. The summed E-state index contributed by atoms with van der Waals surface area (Å²) in [5, 5.41) is 12.7. The fourth-order valence-electron chi connectivity index (χ4n) is 2.78. The molecular weight excluding hydrogens is 272 g/mol. The number of nitriles is 1. The first-order valence-corrected chi connectivity index (χ1v) is 7.99. The van der Waals surface area contributed by atoms with Crippen LogP contribution in [0.4, 0.5) is 9.80 Å². The Balaban J connectivity index is 2.19. The van der Waals surface area contributed by atoms with E-state index < -0.39 is 6.09 Å². The molecular formula is C15H20N2O2S. The van der Waals surface area contributed by atoms with Crippen LogP contribution in [-0.4, -0.2) is 12.7 Å². The molecule has 1 N–H and O–H groups in total. The van der Waals surface area contributed by atoms with Crippen LogP contribution in [0.2, 0.25) is 0 Å². The van der Waals surface area contributed by atoms with Crippen LogP contribution in [0.1, 0.15) is 49.1 Å². The summed E-state index contributed by atoms with van der Waals surface area (Å²) in [7, 11) is 0. The zero-order valence-corrected chi connectivity index (χ0v) is 12.8. The van der Waals surface area contributed by atoms with Crippen LogP contribution in [0.15, 0.2) is 0 Å². The monoisotopic (exact) mass is 292 g/mol. The van der Waals surface area contributed by atoms with Crippen LogP contribution in [0.5, 0.6) is 0 Å². The maximum atomic E-state index is 11.5. The molecule has 0 radical (unpaired) electrons. The standard InChI is InChI=1S/C15H20N2O2S/c1-3-5-10-6-7-11-12(9-16)14(20-13(11)8-10)17-15(18)19-4-2/h10H,3-8H2,1-2H3,(H,17,18)/t10-/m1/s1. The molecule has 1 aromatic heterocycles. The molecule has 0 aromatic carbocycles. The number of carbonyl (C=O) groups is 1. The van der Waals surface area contributed by atoms with Gasteiger partial charge in [0, 0.05) is 4.88 Å². The molecule has 4 nitrogen and oxygen atoms in total. The average Bonchev–Trinajstić information content (AvgIpc) is 2.75. The van der Waals surface area contributed by atoms with E-state index in [4.69, 9.17) is 4.74 Å². The van der Waals surface area contributed by atoms with E-state index in [9.17, 15) is 10.1 Å². The fraction of sp³-hybridized carbons (Fsp3) is 0.600. The third-order valence-electron chi connectivity index (χ3n) is 3.67. The summed E-state index contributed by atoms with van der Waals surface area (Å²) in [5.41, 5.74) is 1.77. The van der Waals surface area contributed by atoms with E-state index in [1.54, 1.807) is 6.92 Å². The van der Waals surface area contributed by atoms with Crippen LogP contribution in [0.25, 0.3) is 0 Å². The van der Waals surface area contributed by atoms with Crippen molar-refractivity contribution < 1.29 is 9.53 Å². The van der Waals surface area contributed by atoms with Crippen LogP contribution < -0.4 is 5.32 Å². The van der Waals surface area contributed by atoms with E-state index in [1.165, 1.54) is 29.1 Å². The molecule has 108 valence electrons. The molecule has 0 unspecified atom stereocenters. The lowest BCUT2D eigenvalue weighted by atomic mass is 9.85. The smallest absolute Gasteiger partial charge is 0.412 e. The molecule has 0 fully saturated rings. The number of hydrogen-bond acceptors (Lipinski definition) is 4. The van der Waals surface area contributed by atoms with Gasteiger partial charge in [-0.15, -0.1) is 11.3 Å². The highest BCUT2D eigenvalue weighted by Gasteiger charge is 2.26. The first-order chi connectivity index (χ1) is 9.69. The molecule has 1 aromatic rings. The van der Waals surface area contributed by atoms with Crippen molar-refractivity contribution in [3.05, 3.63) is 16.0 Å². The maximum Gasteiger partial charge on any atom is 0.412 e. The van der Waals surface area contributed by atoms with Crippen molar-refractivity contribution in [2.24, 2.45) is 5.92 Å². The quantitative estimate of drug-likeness (QED) is 0.909. The van der Waals surface area contributed by atoms with E-state index in [2.05, 4.69) is 18.3 Å². The molecule has 0 saturated carbocycles. The topological polar surface area (TPSA) is 62.1 Å². The summed E-state index contributed by atoms with van der Waals surface area (Å²) >= 11 is 1.54. The van der Waals surface area contributed by atoms with Gasteiger partial charge in [0.25, 0.3) is 0 Å². The zero-order valence-electron chi connectivity index (χ0n) is 12.0. The number of anilines is 1. The second-order valence-corrected chi connectivity index (χ2v) is 6.17. The summed E-state index contributed by atoms with van der Waals surface area (Å²) in [6, 6.07) is 2.24. The van der Waals surface area contributed by atoms with Crippen molar-refractivity contribution >= 4 is 22.4 Å². The van der Waals surface area contributed by atoms with Crippen molar-refractivity contribution in [3.63, 3.8) is 0 Å². The summed E-state index contributed by atoms with van der Waals surface area (Å²) in [5.74, 6) is 0.716. The fourth-order valence-corrected chi connectivity index (χ4v) is 4.07. The van der Waals surface area contributed by atoms with Crippen LogP contribution in [-0.2, 0) is 17.6 Å². The molecule has 1 amide bonds. The van der Waals surface area contributed by atoms with Gasteiger partial charge in [-0.3, -0.25) is 5.32 Å². The van der Waals surface area contributed by atoms with Gasteiger partial charge in [-0.2, -0.15) is 5.26 Å². The van der Waals surface area contributed by atoms with Crippen molar-refractivity contribution in [1.29, 1.82) is 5.26 Å². The van der Waals surface area contributed by atoms with Gasteiger partial charge in [0.2, 0.25) is 0 Å². The Labute approximate surface area is 123 Å². The molecule has 2 rings (SSSR count). The predicted octanol–water partition coefficient (Wildman–Crippen LogP) is 4.09. The van der Waals surface area contributed by atoms with E-state index >= 15 is 0 Å². The molecule has 0 aliphatic heterocycles. The molecule has 1 aliphatic carbocycles. The third-order valence-corrected chi connectivity index (χ3v) is 4.84. The summed E-state index contributed by atoms with van der Waals surface area (Å²) in [6.45, 7) is 4.30. The first-order valence-electron chi connectivity index (χ1n) is 7.17. The molecule has 0 bridgehead atoms. The van der Waals surface area contributed by atoms with Gasteiger partial charge < -0.3 is 4.74 Å². The summed E-state index contributed by atoms with van der Waals surface area (Å²) in [4.78, 5) is 12.8. The van der Waals surface area contributed by atoms with Gasteiger partial charge in [-0.1, -0.05) is 19.8 Å². The number of carbonyl (C=O) groups excluding carboxylic acids is 1. The number of rotatable bonds is 4. The molecule has 5 heteroatoms. The predicted molar refractivity (Wildman–Crippen MR) is 80.1 cm³/mol. The van der Waals surface area contributed by atoms with Crippen LogP contribution in [0.3, 0.4) is 0 Å². The van der Waals surface area contributed by atoms with Crippen LogP contribution in [0, 0.1) is 17.2 Å². The lowest BCUT2D eigenvalue weighted by Gasteiger charge is -2.21. The minimum Gasteiger partial charge on any atom is -0.450 e. The second-order valence-electron chi connectivity index (χ2n) is 5.06. The van der Waals surface area contributed by atoms with Crippen molar-refractivity contribution in [2.45, 2.75) is 46.0 Å². The SMILES string of the molecule is CCC[C@@H]1CCc2c(sc(NC(=O)OCC)c2C#N)C1. The molecule has 20 heavy (non-hydrogen) atoms. The van der Waals surface area contributed by atoms with E-state index in [-0.39, 0.29) is 0 Å². The number of ether oxygens (including phenoxy) is 1. The Morgan fingerprint density at radius 2 is 2.35 bits per heavy atom. The van der Waals surface area contributed by atoms with Crippen LogP contribution >= 0.6 is 11.3 Å². The largest absolute Gasteiger partial charge is 0.450 e. The Kier molecular flexibility index (Phi) is 5.02. The highest BCUT2D eigenvalue weighted by molar-refractivity contribution is 7.16. The molecule has 0 saturated heterocycles. The van der Waals surface area contributed by atoms with Gasteiger partial charge >= 0.3 is 6.09 Å². The maximum absolute atomic E-state index is 11.5. The van der Waals surface area contributed by atoms with Gasteiger partial charge in [-0.25, -0.2) is 4.79 Å². The number of thiophene rings is 1. The van der Waals surface area contributed by atoms with Gasteiger partial charge in [0.05, 0.1) is 12.2 Å². The molecule has 1 aliphatic rings. The Morgan fingerprint density at radius 3 is 3.00 bits per heavy atom. The average molecular weight is 292 g/mol. The Hall–Kier alpha value is -1.54. The summed E-state index contributed by atoms with van der Waals surface area (Å²) in [6.07, 6.45) is 5.08. The minimum atomic E-state index is -0.479. The Morgan fingerprint density at radius 1 is 1.55 bits per heavy atom. The number of nitrogens with one attached hydrogen (secondary N) is 1. The van der Waals surface area contributed by atoms with Gasteiger partial charge in [-0.05, 0) is 37.7 Å². The van der Waals surface area contributed by atoms with E-state index in [0.717, 1.165) is 24.8 Å². The molecule has 1 atom stereocenters. The van der Waals surface area contributed by atoms with E-state index in [1.807, 2.05) is 0 Å². The number of nitrogens with zero attached hydrogens (tertiary/aromatic N) is 1. The zero-order chi connectivity index (χ0) is 14.5. The number of fused-ring (bicyclic) bond motifs is 1. The minimum absolute atomic E-state index is 0.331. The highest BCUT2D eigenvalue weighted by Crippen LogP contribution is 2.40. The normalized spacial score (nSPS) is 17.1.